The van der Waals surface area contributed by atoms with Gasteiger partial charge in [0.2, 0.25) is 5.82 Å². The Bertz CT molecular complexity index is 542. The molecule has 2 atom stereocenters. The topological polar surface area (TPSA) is 76.2 Å². The molecule has 116 valence electrons. The van der Waals surface area contributed by atoms with Crippen LogP contribution in [-0.4, -0.2) is 44.8 Å². The monoisotopic (exact) mass is 293 g/mol. The van der Waals surface area contributed by atoms with Crippen LogP contribution < -0.4 is 5.32 Å². The maximum absolute atomic E-state index is 11.4. The summed E-state index contributed by atoms with van der Waals surface area (Å²) in [6.07, 6.45) is 4.97. The van der Waals surface area contributed by atoms with Crippen LogP contribution in [0.2, 0.25) is 0 Å². The van der Waals surface area contributed by atoms with Gasteiger partial charge in [-0.15, -0.1) is 0 Å². The largest absolute Gasteiger partial charge is 0.360 e. The van der Waals surface area contributed by atoms with Gasteiger partial charge in [-0.2, -0.15) is 5.10 Å². The first-order valence-electron chi connectivity index (χ1n) is 7.82. The summed E-state index contributed by atoms with van der Waals surface area (Å²) in [5, 5.41) is 19.2. The molecule has 3 rings (SSSR count). The van der Waals surface area contributed by atoms with Gasteiger partial charge >= 0.3 is 5.69 Å². The molecule has 2 aliphatic heterocycles. The number of nitro groups is 1. The van der Waals surface area contributed by atoms with E-state index in [0.29, 0.717) is 30.0 Å². The summed E-state index contributed by atoms with van der Waals surface area (Å²) < 4.78 is 1.64. The Kier molecular flexibility index (Phi) is 3.84. The van der Waals surface area contributed by atoms with Crippen molar-refractivity contribution < 1.29 is 4.92 Å². The second kappa shape index (κ2) is 5.63. The number of nitrogens with one attached hydrogen (secondary N) is 1. The molecule has 1 aromatic rings. The van der Waals surface area contributed by atoms with E-state index in [9.17, 15) is 10.1 Å². The third kappa shape index (κ3) is 2.50. The van der Waals surface area contributed by atoms with Crippen LogP contribution in [0.4, 0.5) is 11.5 Å². The highest BCUT2D eigenvalue weighted by molar-refractivity contribution is 5.60. The molecule has 1 aromatic heterocycles. The van der Waals surface area contributed by atoms with Crippen LogP contribution in [0.3, 0.4) is 0 Å². The van der Waals surface area contributed by atoms with Crippen LogP contribution in [0.25, 0.3) is 0 Å². The van der Waals surface area contributed by atoms with Crippen molar-refractivity contribution in [2.45, 2.75) is 51.1 Å². The lowest BCUT2D eigenvalue weighted by atomic mass is 10.1. The average Bonchev–Trinajstić information content (AvgIpc) is 3.08. The lowest BCUT2D eigenvalue weighted by molar-refractivity contribution is -0.384. The molecule has 0 spiro atoms. The fourth-order valence-corrected chi connectivity index (χ4v) is 3.75. The van der Waals surface area contributed by atoms with Gasteiger partial charge < -0.3 is 5.32 Å². The SMILES string of the molecule is CCCc1nn(C)c(NC2CCN3CCCC23)c1[N+](=O)[O-]. The molecule has 0 bridgehead atoms. The van der Waals surface area contributed by atoms with Gasteiger partial charge in [-0.25, -0.2) is 4.68 Å². The maximum atomic E-state index is 11.4. The Labute approximate surface area is 124 Å². The molecule has 21 heavy (non-hydrogen) atoms. The molecule has 0 radical (unpaired) electrons. The van der Waals surface area contributed by atoms with Crippen LogP contribution in [0.5, 0.6) is 0 Å². The second-order valence-electron chi connectivity index (χ2n) is 6.06. The first-order chi connectivity index (χ1) is 10.1. The summed E-state index contributed by atoms with van der Waals surface area (Å²) in [5.74, 6) is 0.571. The molecule has 0 amide bonds. The third-order valence-corrected chi connectivity index (χ3v) is 4.69. The van der Waals surface area contributed by atoms with Crippen molar-refractivity contribution in [3.8, 4) is 0 Å². The second-order valence-corrected chi connectivity index (χ2v) is 6.06. The molecule has 2 unspecified atom stereocenters. The summed E-state index contributed by atoms with van der Waals surface area (Å²) in [4.78, 5) is 13.6. The molecule has 3 heterocycles. The van der Waals surface area contributed by atoms with Crippen molar-refractivity contribution in [3.63, 3.8) is 0 Å². The predicted octanol–water partition coefficient (Wildman–Crippen LogP) is 1.93. The average molecular weight is 293 g/mol. The van der Waals surface area contributed by atoms with Crippen molar-refractivity contribution in [2.24, 2.45) is 7.05 Å². The fraction of sp³-hybridized carbons (Fsp3) is 0.786. The number of anilines is 1. The minimum absolute atomic E-state index is 0.163. The lowest BCUT2D eigenvalue weighted by Gasteiger charge is -2.21. The predicted molar refractivity (Wildman–Crippen MR) is 80.5 cm³/mol. The van der Waals surface area contributed by atoms with Crippen molar-refractivity contribution >= 4 is 11.5 Å². The Balaban J connectivity index is 1.86. The molecule has 7 nitrogen and oxygen atoms in total. The van der Waals surface area contributed by atoms with Gasteiger partial charge in [-0.3, -0.25) is 15.0 Å². The van der Waals surface area contributed by atoms with Gasteiger partial charge in [0.15, 0.2) is 0 Å². The van der Waals surface area contributed by atoms with Crippen LogP contribution in [-0.2, 0) is 13.5 Å². The summed E-state index contributed by atoms with van der Waals surface area (Å²) in [7, 11) is 1.79. The normalized spacial score (nSPS) is 25.2. The molecular weight excluding hydrogens is 270 g/mol. The zero-order valence-electron chi connectivity index (χ0n) is 12.7. The van der Waals surface area contributed by atoms with Crippen molar-refractivity contribution in [1.82, 2.24) is 14.7 Å². The molecule has 0 aromatic carbocycles. The molecule has 1 N–H and O–H groups in total. The van der Waals surface area contributed by atoms with Gasteiger partial charge in [0.25, 0.3) is 0 Å². The Morgan fingerprint density at radius 1 is 1.43 bits per heavy atom. The van der Waals surface area contributed by atoms with Crippen LogP contribution >= 0.6 is 0 Å². The molecule has 7 heteroatoms. The number of hydrogen-bond donors (Lipinski definition) is 1. The number of aromatic nitrogens is 2. The highest BCUT2D eigenvalue weighted by Gasteiger charge is 2.39. The van der Waals surface area contributed by atoms with E-state index >= 15 is 0 Å². The van der Waals surface area contributed by atoms with Gasteiger partial charge in [0.05, 0.1) is 4.92 Å². The highest BCUT2D eigenvalue weighted by atomic mass is 16.6. The smallest absolute Gasteiger partial charge is 0.334 e. The fourth-order valence-electron chi connectivity index (χ4n) is 3.75. The van der Waals surface area contributed by atoms with Crippen molar-refractivity contribution in [3.05, 3.63) is 15.8 Å². The van der Waals surface area contributed by atoms with E-state index in [1.54, 1.807) is 11.7 Å². The van der Waals surface area contributed by atoms with Gasteiger partial charge in [-0.1, -0.05) is 13.3 Å². The number of rotatable bonds is 5. The summed E-state index contributed by atoms with van der Waals surface area (Å²) >= 11 is 0. The zero-order valence-corrected chi connectivity index (χ0v) is 12.7. The van der Waals surface area contributed by atoms with Gasteiger partial charge in [0.1, 0.15) is 5.69 Å². The third-order valence-electron chi connectivity index (χ3n) is 4.69. The zero-order chi connectivity index (χ0) is 15.0. The quantitative estimate of drug-likeness (QED) is 0.663. The highest BCUT2D eigenvalue weighted by Crippen LogP contribution is 2.34. The van der Waals surface area contributed by atoms with E-state index < -0.39 is 0 Å². The first-order valence-corrected chi connectivity index (χ1v) is 7.82. The lowest BCUT2D eigenvalue weighted by Crippen LogP contribution is -2.34. The van der Waals surface area contributed by atoms with E-state index in [1.165, 1.54) is 12.8 Å². The Morgan fingerprint density at radius 3 is 2.95 bits per heavy atom. The number of aryl methyl sites for hydroxylation is 2. The molecule has 2 aliphatic rings. The van der Waals surface area contributed by atoms with E-state index in [2.05, 4.69) is 15.3 Å². The summed E-state index contributed by atoms with van der Waals surface area (Å²) in [6, 6.07) is 0.824. The first kappa shape index (κ1) is 14.3. The van der Waals surface area contributed by atoms with E-state index in [4.69, 9.17) is 0 Å². The molecule has 0 aliphatic carbocycles. The molecule has 2 fully saturated rings. The summed E-state index contributed by atoms with van der Waals surface area (Å²) in [5.41, 5.74) is 0.754. The minimum Gasteiger partial charge on any atom is -0.360 e. The van der Waals surface area contributed by atoms with Crippen LogP contribution in [0, 0.1) is 10.1 Å². The van der Waals surface area contributed by atoms with Gasteiger partial charge in [0, 0.05) is 25.7 Å². The molecule has 2 saturated heterocycles. The Morgan fingerprint density at radius 2 is 2.24 bits per heavy atom. The molecular formula is C14H23N5O2. The van der Waals surface area contributed by atoms with E-state index in [1.807, 2.05) is 6.92 Å². The van der Waals surface area contributed by atoms with E-state index in [-0.39, 0.29) is 10.6 Å². The summed E-state index contributed by atoms with van der Waals surface area (Å²) in [6.45, 7) is 4.27. The van der Waals surface area contributed by atoms with Crippen molar-refractivity contribution in [1.29, 1.82) is 0 Å². The van der Waals surface area contributed by atoms with E-state index in [0.717, 1.165) is 25.9 Å². The number of fused-ring (bicyclic) bond motifs is 1. The van der Waals surface area contributed by atoms with Crippen LogP contribution in [0.1, 0.15) is 38.3 Å². The molecule has 0 saturated carbocycles. The Hall–Kier alpha value is -1.63. The van der Waals surface area contributed by atoms with Gasteiger partial charge in [-0.05, 0) is 32.2 Å². The number of nitrogens with zero attached hydrogens (tertiary/aromatic N) is 4. The standard InChI is InChI=1S/C14H23N5O2/c1-3-5-11-13(19(20)21)14(17(2)16-11)15-10-7-9-18-8-4-6-12(10)18/h10,12,15H,3-9H2,1-2H3. The maximum Gasteiger partial charge on any atom is 0.334 e. The van der Waals surface area contributed by atoms with Crippen LogP contribution in [0.15, 0.2) is 0 Å². The van der Waals surface area contributed by atoms with Crippen molar-refractivity contribution in [2.75, 3.05) is 18.4 Å². The number of hydrogen-bond acceptors (Lipinski definition) is 5. The minimum atomic E-state index is -0.290.